The molecule has 1 amide bonds. The van der Waals surface area contributed by atoms with Crippen LogP contribution in [0.2, 0.25) is 0 Å². The predicted molar refractivity (Wildman–Crippen MR) is 93.5 cm³/mol. The zero-order valence-corrected chi connectivity index (χ0v) is 15.4. The van der Waals surface area contributed by atoms with E-state index in [1.54, 1.807) is 19.1 Å². The molecule has 5 unspecified atom stereocenters. The fraction of sp³-hybridized carbons (Fsp3) is 0.722. The standard InChI is InChI=1S/C18H27N3O6/c1-11(23)20-4-6-21(7-5-20)16-17(24)15(14-10-25-18(16)27-14)19-8-12-2-3-13(9-22)26-12/h2-3,14-19,22,24H,4-10H2,1H3. The molecule has 0 aromatic carbocycles. The summed E-state index contributed by atoms with van der Waals surface area (Å²) in [6.45, 7) is 4.95. The Morgan fingerprint density at radius 2 is 2.00 bits per heavy atom. The number of furan rings is 1. The van der Waals surface area contributed by atoms with Crippen LogP contribution < -0.4 is 5.32 Å². The molecule has 2 bridgehead atoms. The number of ether oxygens (including phenoxy) is 2. The highest BCUT2D eigenvalue weighted by atomic mass is 16.7. The van der Waals surface area contributed by atoms with Gasteiger partial charge in [-0.1, -0.05) is 0 Å². The number of aliphatic hydroxyl groups excluding tert-OH is 2. The number of carbonyl (C=O) groups is 1. The Labute approximate surface area is 157 Å². The quantitative estimate of drug-likeness (QED) is 0.589. The SMILES string of the molecule is CC(=O)N1CCN(C2C3OCC(O3)C(NCc3ccc(CO)o3)C2O)CC1. The number of aliphatic hydroxyl groups is 2. The zero-order valence-electron chi connectivity index (χ0n) is 15.4. The lowest BCUT2D eigenvalue weighted by molar-refractivity contribution is -0.187. The number of nitrogens with zero attached hydrogens (tertiary/aromatic N) is 2. The second kappa shape index (κ2) is 7.86. The molecule has 0 aliphatic carbocycles. The minimum Gasteiger partial charge on any atom is -0.462 e. The van der Waals surface area contributed by atoms with Gasteiger partial charge in [0.15, 0.2) is 6.29 Å². The molecule has 0 radical (unpaired) electrons. The average Bonchev–Trinajstić information content (AvgIpc) is 3.30. The fourth-order valence-corrected chi connectivity index (χ4v) is 4.20. The molecule has 9 nitrogen and oxygen atoms in total. The van der Waals surface area contributed by atoms with Gasteiger partial charge in [-0.3, -0.25) is 9.69 Å². The van der Waals surface area contributed by atoms with Crippen molar-refractivity contribution in [2.75, 3.05) is 32.8 Å². The summed E-state index contributed by atoms with van der Waals surface area (Å²) < 4.78 is 17.3. The molecule has 0 saturated carbocycles. The molecule has 3 aliphatic heterocycles. The van der Waals surface area contributed by atoms with Gasteiger partial charge >= 0.3 is 0 Å². The van der Waals surface area contributed by atoms with Crippen molar-refractivity contribution < 1.29 is 28.9 Å². The number of fused-ring (bicyclic) bond motifs is 2. The van der Waals surface area contributed by atoms with Gasteiger partial charge < -0.3 is 34.3 Å². The van der Waals surface area contributed by atoms with Gasteiger partial charge in [-0.25, -0.2) is 0 Å². The number of hydrogen-bond acceptors (Lipinski definition) is 8. The molecule has 5 atom stereocenters. The van der Waals surface area contributed by atoms with Crippen LogP contribution in [0.5, 0.6) is 0 Å². The lowest BCUT2D eigenvalue weighted by Gasteiger charge is -2.46. The lowest BCUT2D eigenvalue weighted by atomic mass is 9.94. The fourth-order valence-electron chi connectivity index (χ4n) is 4.20. The highest BCUT2D eigenvalue weighted by Crippen LogP contribution is 2.32. The van der Waals surface area contributed by atoms with E-state index in [0.29, 0.717) is 50.9 Å². The Morgan fingerprint density at radius 3 is 2.67 bits per heavy atom. The minimum atomic E-state index is -0.660. The van der Waals surface area contributed by atoms with E-state index in [0.717, 1.165) is 0 Å². The normalized spacial score (nSPS) is 34.2. The third kappa shape index (κ3) is 3.75. The van der Waals surface area contributed by atoms with Gasteiger partial charge in [-0.2, -0.15) is 0 Å². The number of rotatable bonds is 5. The average molecular weight is 381 g/mol. The summed E-state index contributed by atoms with van der Waals surface area (Å²) in [5.41, 5.74) is 0. The minimum absolute atomic E-state index is 0.0764. The molecule has 3 saturated heterocycles. The lowest BCUT2D eigenvalue weighted by Crippen LogP contribution is -2.66. The first-order valence-electron chi connectivity index (χ1n) is 9.43. The highest BCUT2D eigenvalue weighted by molar-refractivity contribution is 5.73. The van der Waals surface area contributed by atoms with E-state index in [1.165, 1.54) is 0 Å². The number of carbonyl (C=O) groups excluding carboxylic acids is 1. The summed E-state index contributed by atoms with van der Waals surface area (Å²) >= 11 is 0. The van der Waals surface area contributed by atoms with Gasteiger partial charge in [0, 0.05) is 33.1 Å². The van der Waals surface area contributed by atoms with Gasteiger partial charge in [0.05, 0.1) is 31.3 Å². The largest absolute Gasteiger partial charge is 0.462 e. The maximum Gasteiger partial charge on any atom is 0.219 e. The van der Waals surface area contributed by atoms with Gasteiger partial charge in [0.25, 0.3) is 0 Å². The Balaban J connectivity index is 1.40. The van der Waals surface area contributed by atoms with E-state index in [2.05, 4.69) is 10.2 Å². The molecule has 4 heterocycles. The number of amides is 1. The van der Waals surface area contributed by atoms with E-state index in [1.807, 2.05) is 4.90 Å². The molecular weight excluding hydrogens is 354 g/mol. The number of hydrogen-bond donors (Lipinski definition) is 3. The molecule has 3 fully saturated rings. The van der Waals surface area contributed by atoms with Crippen LogP contribution in [0.25, 0.3) is 0 Å². The van der Waals surface area contributed by atoms with Crippen LogP contribution in [-0.4, -0.2) is 89.3 Å². The van der Waals surface area contributed by atoms with E-state index >= 15 is 0 Å². The molecule has 1 aromatic rings. The first-order valence-corrected chi connectivity index (χ1v) is 9.43. The van der Waals surface area contributed by atoms with Crippen LogP contribution in [0.3, 0.4) is 0 Å². The molecule has 9 heteroatoms. The van der Waals surface area contributed by atoms with Gasteiger partial charge in [-0.05, 0) is 12.1 Å². The second-order valence-electron chi connectivity index (χ2n) is 7.33. The number of piperazine rings is 1. The van der Waals surface area contributed by atoms with Crippen LogP contribution in [0, 0.1) is 0 Å². The zero-order chi connectivity index (χ0) is 19.0. The number of nitrogens with one attached hydrogen (secondary N) is 1. The first kappa shape index (κ1) is 18.9. The van der Waals surface area contributed by atoms with Crippen LogP contribution in [-0.2, 0) is 27.4 Å². The maximum absolute atomic E-state index is 11.5. The monoisotopic (exact) mass is 381 g/mol. The Morgan fingerprint density at radius 1 is 1.26 bits per heavy atom. The summed E-state index contributed by atoms with van der Waals surface area (Å²) in [5.74, 6) is 1.28. The highest BCUT2D eigenvalue weighted by Gasteiger charge is 2.52. The summed E-state index contributed by atoms with van der Waals surface area (Å²) in [7, 11) is 0. The van der Waals surface area contributed by atoms with Crippen molar-refractivity contribution in [2.24, 2.45) is 0 Å². The third-order valence-electron chi connectivity index (χ3n) is 5.70. The van der Waals surface area contributed by atoms with Crippen molar-refractivity contribution in [1.29, 1.82) is 0 Å². The molecule has 150 valence electrons. The van der Waals surface area contributed by atoms with Crippen LogP contribution in [0.1, 0.15) is 18.4 Å². The molecule has 0 spiro atoms. The Hall–Kier alpha value is -1.49. The summed E-state index contributed by atoms with van der Waals surface area (Å²) in [5, 5.41) is 23.5. The van der Waals surface area contributed by atoms with Crippen molar-refractivity contribution in [1.82, 2.24) is 15.1 Å². The summed E-state index contributed by atoms with van der Waals surface area (Å²) in [6.07, 6.45) is -1.32. The molecule has 27 heavy (non-hydrogen) atoms. The van der Waals surface area contributed by atoms with E-state index < -0.39 is 12.4 Å². The van der Waals surface area contributed by atoms with Crippen molar-refractivity contribution in [2.45, 2.75) is 50.7 Å². The maximum atomic E-state index is 11.5. The predicted octanol–water partition coefficient (Wildman–Crippen LogP) is -1.12. The third-order valence-corrected chi connectivity index (χ3v) is 5.70. The van der Waals surface area contributed by atoms with E-state index in [9.17, 15) is 9.90 Å². The van der Waals surface area contributed by atoms with Gasteiger partial charge in [0.1, 0.15) is 24.2 Å². The van der Waals surface area contributed by atoms with Crippen LogP contribution in [0.15, 0.2) is 16.5 Å². The van der Waals surface area contributed by atoms with Crippen molar-refractivity contribution >= 4 is 5.91 Å². The molecule has 4 rings (SSSR count). The van der Waals surface area contributed by atoms with Crippen molar-refractivity contribution in [3.8, 4) is 0 Å². The van der Waals surface area contributed by atoms with Crippen LogP contribution in [0.4, 0.5) is 0 Å². The molecule has 3 N–H and O–H groups in total. The molecule has 1 aromatic heterocycles. The molecular formula is C18H27N3O6. The van der Waals surface area contributed by atoms with Crippen molar-refractivity contribution in [3.63, 3.8) is 0 Å². The van der Waals surface area contributed by atoms with Gasteiger partial charge in [0.2, 0.25) is 5.91 Å². The summed E-state index contributed by atoms with van der Waals surface area (Å²) in [6, 6.07) is 2.97. The van der Waals surface area contributed by atoms with Gasteiger partial charge in [-0.15, -0.1) is 0 Å². The van der Waals surface area contributed by atoms with E-state index in [-0.39, 0.29) is 30.7 Å². The summed E-state index contributed by atoms with van der Waals surface area (Å²) in [4.78, 5) is 15.5. The smallest absolute Gasteiger partial charge is 0.219 e. The topological polar surface area (TPSA) is 108 Å². The van der Waals surface area contributed by atoms with Crippen LogP contribution >= 0.6 is 0 Å². The van der Waals surface area contributed by atoms with E-state index in [4.69, 9.17) is 19.0 Å². The Kier molecular flexibility index (Phi) is 5.49. The second-order valence-corrected chi connectivity index (χ2v) is 7.33. The van der Waals surface area contributed by atoms with Crippen molar-refractivity contribution in [3.05, 3.63) is 23.7 Å². The first-order chi connectivity index (χ1) is 13.1. The Bertz CT molecular complexity index is 659. The molecule has 3 aliphatic rings.